The van der Waals surface area contributed by atoms with Gasteiger partial charge in [0, 0.05) is 6.61 Å². The molecule has 1 N–H and O–H groups in total. The van der Waals surface area contributed by atoms with Gasteiger partial charge in [0.25, 0.3) is 0 Å². The van der Waals surface area contributed by atoms with E-state index in [9.17, 15) is 0 Å². The molecule has 1 aromatic rings. The summed E-state index contributed by atoms with van der Waals surface area (Å²) in [5.41, 5.74) is 1.10. The molecule has 22 heavy (non-hydrogen) atoms. The van der Waals surface area contributed by atoms with Crippen molar-refractivity contribution < 1.29 is 24.1 Å². The minimum absolute atomic E-state index is 0.0975. The second-order valence-corrected chi connectivity index (χ2v) is 6.27. The first kappa shape index (κ1) is 15.9. The molecule has 5 nitrogen and oxygen atoms in total. The second kappa shape index (κ2) is 6.64. The number of hydrogen-bond acceptors (Lipinski definition) is 5. The van der Waals surface area contributed by atoms with Crippen LogP contribution in [0.2, 0.25) is 0 Å². The summed E-state index contributed by atoms with van der Waals surface area (Å²) < 4.78 is 23.8. The van der Waals surface area contributed by atoms with Gasteiger partial charge in [-0.3, -0.25) is 0 Å². The molecule has 5 heteroatoms. The predicted octanol–water partition coefficient (Wildman–Crippen LogP) is 2.22. The summed E-state index contributed by atoms with van der Waals surface area (Å²) >= 11 is 0. The quantitative estimate of drug-likeness (QED) is 0.873. The molecule has 4 atom stereocenters. The van der Waals surface area contributed by atoms with Gasteiger partial charge in [0.1, 0.15) is 12.2 Å². The SMILES string of the molecule is CC1(C)O[C@H]2[C@H](OCc3ccccc3)O[C@@H](CCCO)[C@H]2O1. The summed E-state index contributed by atoms with van der Waals surface area (Å²) in [5.74, 6) is -0.620. The van der Waals surface area contributed by atoms with E-state index in [0.29, 0.717) is 13.0 Å². The summed E-state index contributed by atoms with van der Waals surface area (Å²) in [6, 6.07) is 9.99. The van der Waals surface area contributed by atoms with E-state index < -0.39 is 12.1 Å². The van der Waals surface area contributed by atoms with E-state index in [-0.39, 0.29) is 24.9 Å². The van der Waals surface area contributed by atoms with Crippen molar-refractivity contribution in [1.82, 2.24) is 0 Å². The molecule has 0 radical (unpaired) electrons. The van der Waals surface area contributed by atoms with Crippen LogP contribution in [0.4, 0.5) is 0 Å². The third-order valence-electron chi connectivity index (χ3n) is 4.01. The van der Waals surface area contributed by atoms with Crippen molar-refractivity contribution in [3.63, 3.8) is 0 Å². The van der Waals surface area contributed by atoms with Gasteiger partial charge in [0.05, 0.1) is 12.7 Å². The third-order valence-corrected chi connectivity index (χ3v) is 4.01. The first-order valence-electron chi connectivity index (χ1n) is 7.86. The number of aliphatic hydroxyl groups is 1. The highest BCUT2D eigenvalue weighted by atomic mass is 16.8. The fourth-order valence-electron chi connectivity index (χ4n) is 3.05. The fraction of sp³-hybridized carbons (Fsp3) is 0.647. The lowest BCUT2D eigenvalue weighted by Gasteiger charge is -2.24. The molecule has 1 aromatic carbocycles. The molecule has 0 aliphatic carbocycles. The van der Waals surface area contributed by atoms with Crippen molar-refractivity contribution in [1.29, 1.82) is 0 Å². The second-order valence-electron chi connectivity index (χ2n) is 6.27. The van der Waals surface area contributed by atoms with Crippen molar-refractivity contribution in [2.45, 2.75) is 63.7 Å². The maximum absolute atomic E-state index is 9.03. The van der Waals surface area contributed by atoms with Gasteiger partial charge >= 0.3 is 0 Å². The molecular weight excluding hydrogens is 284 g/mol. The van der Waals surface area contributed by atoms with Gasteiger partial charge in [0.2, 0.25) is 0 Å². The molecule has 0 bridgehead atoms. The van der Waals surface area contributed by atoms with Crippen LogP contribution in [-0.2, 0) is 25.6 Å². The Morgan fingerprint density at radius 2 is 1.86 bits per heavy atom. The van der Waals surface area contributed by atoms with E-state index in [1.165, 1.54) is 0 Å². The van der Waals surface area contributed by atoms with Gasteiger partial charge < -0.3 is 24.1 Å². The molecule has 2 aliphatic heterocycles. The molecule has 0 unspecified atom stereocenters. The Bertz CT molecular complexity index is 475. The smallest absolute Gasteiger partial charge is 0.187 e. The average molecular weight is 308 g/mol. The largest absolute Gasteiger partial charge is 0.396 e. The molecule has 2 heterocycles. The van der Waals surface area contributed by atoms with Gasteiger partial charge in [-0.1, -0.05) is 30.3 Å². The Balaban J connectivity index is 1.63. The Labute approximate surface area is 131 Å². The zero-order chi connectivity index (χ0) is 15.6. The van der Waals surface area contributed by atoms with E-state index in [4.69, 9.17) is 24.1 Å². The van der Waals surface area contributed by atoms with Crippen molar-refractivity contribution in [3.8, 4) is 0 Å². The van der Waals surface area contributed by atoms with Crippen LogP contribution in [0.15, 0.2) is 30.3 Å². The number of hydrogen-bond donors (Lipinski definition) is 1. The highest BCUT2D eigenvalue weighted by Gasteiger charge is 2.55. The first-order chi connectivity index (χ1) is 10.6. The van der Waals surface area contributed by atoms with Gasteiger partial charge in [-0.05, 0) is 32.3 Å². The number of rotatable bonds is 6. The number of fused-ring (bicyclic) bond motifs is 1. The van der Waals surface area contributed by atoms with Crippen LogP contribution in [0.25, 0.3) is 0 Å². The van der Waals surface area contributed by atoms with Crippen LogP contribution in [0.3, 0.4) is 0 Å². The number of ether oxygens (including phenoxy) is 4. The molecule has 2 fully saturated rings. The lowest BCUT2D eigenvalue weighted by atomic mass is 10.1. The van der Waals surface area contributed by atoms with E-state index in [0.717, 1.165) is 12.0 Å². The highest BCUT2D eigenvalue weighted by molar-refractivity contribution is 5.13. The van der Waals surface area contributed by atoms with E-state index >= 15 is 0 Å². The van der Waals surface area contributed by atoms with E-state index in [2.05, 4.69) is 0 Å². The van der Waals surface area contributed by atoms with Crippen LogP contribution < -0.4 is 0 Å². The number of benzene rings is 1. The molecule has 2 saturated heterocycles. The van der Waals surface area contributed by atoms with Crippen LogP contribution in [0.5, 0.6) is 0 Å². The molecule has 0 spiro atoms. The zero-order valence-electron chi connectivity index (χ0n) is 13.1. The van der Waals surface area contributed by atoms with Gasteiger partial charge in [-0.2, -0.15) is 0 Å². The highest BCUT2D eigenvalue weighted by Crippen LogP contribution is 2.40. The molecule has 0 amide bonds. The Hall–Kier alpha value is -0.980. The summed E-state index contributed by atoms with van der Waals surface area (Å²) in [4.78, 5) is 0. The fourth-order valence-corrected chi connectivity index (χ4v) is 3.05. The van der Waals surface area contributed by atoms with Gasteiger partial charge in [-0.25, -0.2) is 0 Å². The normalized spacial score (nSPS) is 33.0. The standard InChI is InChI=1S/C17H24O5/c1-17(2)21-14-13(9-6-10-18)20-16(15(14)22-17)19-11-12-7-4-3-5-8-12/h3-5,7-8,13-16,18H,6,9-11H2,1-2H3/t13-,14+,15+,16+/m0/s1. The minimum Gasteiger partial charge on any atom is -0.396 e. The maximum atomic E-state index is 9.03. The maximum Gasteiger partial charge on any atom is 0.187 e. The lowest BCUT2D eigenvalue weighted by Crippen LogP contribution is -2.31. The number of aliphatic hydroxyl groups excluding tert-OH is 1. The predicted molar refractivity (Wildman–Crippen MR) is 80.0 cm³/mol. The third kappa shape index (κ3) is 3.50. The average Bonchev–Trinajstić information content (AvgIpc) is 2.98. The van der Waals surface area contributed by atoms with E-state index in [1.54, 1.807) is 0 Å². The summed E-state index contributed by atoms with van der Waals surface area (Å²) in [6.07, 6.45) is 0.533. The molecule has 2 aliphatic rings. The van der Waals surface area contributed by atoms with Crippen LogP contribution >= 0.6 is 0 Å². The van der Waals surface area contributed by atoms with Crippen molar-refractivity contribution >= 4 is 0 Å². The van der Waals surface area contributed by atoms with Crippen molar-refractivity contribution in [3.05, 3.63) is 35.9 Å². The molecular formula is C17H24O5. The molecule has 3 rings (SSSR count). The Kier molecular flexibility index (Phi) is 4.80. The van der Waals surface area contributed by atoms with Crippen LogP contribution in [0.1, 0.15) is 32.3 Å². The summed E-state index contributed by atoms with van der Waals surface area (Å²) in [5, 5.41) is 9.03. The molecule has 0 saturated carbocycles. The van der Waals surface area contributed by atoms with Gasteiger partial charge in [0.15, 0.2) is 12.1 Å². The minimum atomic E-state index is -0.620. The van der Waals surface area contributed by atoms with Gasteiger partial charge in [-0.15, -0.1) is 0 Å². The summed E-state index contributed by atoms with van der Waals surface area (Å²) in [6.45, 7) is 4.44. The molecule has 122 valence electrons. The topological polar surface area (TPSA) is 57.2 Å². The van der Waals surface area contributed by atoms with Crippen molar-refractivity contribution in [2.75, 3.05) is 6.61 Å². The monoisotopic (exact) mass is 308 g/mol. The first-order valence-corrected chi connectivity index (χ1v) is 7.86. The van der Waals surface area contributed by atoms with Crippen LogP contribution in [-0.4, -0.2) is 42.1 Å². The van der Waals surface area contributed by atoms with E-state index in [1.807, 2.05) is 44.2 Å². The Morgan fingerprint density at radius 3 is 2.59 bits per heavy atom. The zero-order valence-corrected chi connectivity index (χ0v) is 13.1. The Morgan fingerprint density at radius 1 is 1.14 bits per heavy atom. The van der Waals surface area contributed by atoms with Crippen LogP contribution in [0, 0.1) is 0 Å². The molecule has 0 aromatic heterocycles. The van der Waals surface area contributed by atoms with Crippen molar-refractivity contribution in [2.24, 2.45) is 0 Å². The lowest BCUT2D eigenvalue weighted by molar-refractivity contribution is -0.237. The summed E-state index contributed by atoms with van der Waals surface area (Å²) in [7, 11) is 0.